The highest BCUT2D eigenvalue weighted by molar-refractivity contribution is 6.08. The molecule has 2 aromatic heterocycles. The van der Waals surface area contributed by atoms with Crippen LogP contribution in [0.25, 0.3) is 21.9 Å². The molecule has 140 valence electrons. The fraction of sp³-hybridized carbons (Fsp3) is 0.421. The quantitative estimate of drug-likeness (QED) is 0.623. The largest absolute Gasteiger partial charge is 0.478 e. The average Bonchev–Trinajstić information content (AvgIpc) is 3.01. The molecule has 3 rings (SSSR count). The molecule has 0 unspecified atom stereocenters. The average molecular weight is 357 g/mol. The predicted molar refractivity (Wildman–Crippen MR) is 105 cm³/mol. The molecule has 7 nitrogen and oxygen atoms in total. The van der Waals surface area contributed by atoms with Crippen LogP contribution in [0.2, 0.25) is 0 Å². The number of rotatable bonds is 6. The van der Waals surface area contributed by atoms with E-state index < -0.39 is 5.97 Å². The molecule has 7 heteroatoms. The number of anilines is 1. The Bertz CT molecular complexity index is 917. The zero-order valence-electron chi connectivity index (χ0n) is 15.6. The van der Waals surface area contributed by atoms with Crippen molar-refractivity contribution in [2.24, 2.45) is 5.73 Å². The zero-order chi connectivity index (χ0) is 19.3. The summed E-state index contributed by atoms with van der Waals surface area (Å²) in [6, 6.07) is 4.89. The van der Waals surface area contributed by atoms with Gasteiger partial charge in [0.25, 0.3) is 0 Å². The first-order valence-corrected chi connectivity index (χ1v) is 9.08. The number of aryl methyl sites for hydroxylation is 1. The number of hydrogen-bond donors (Lipinski definition) is 3. The molecule has 0 saturated heterocycles. The lowest BCUT2D eigenvalue weighted by atomic mass is 10.1. The summed E-state index contributed by atoms with van der Waals surface area (Å²) in [6.07, 6.45) is 2.95. The van der Waals surface area contributed by atoms with Gasteiger partial charge in [0.15, 0.2) is 5.82 Å². The van der Waals surface area contributed by atoms with Gasteiger partial charge in [-0.2, -0.15) is 0 Å². The molecular weight excluding hydrogens is 330 g/mol. The van der Waals surface area contributed by atoms with Gasteiger partial charge in [0.2, 0.25) is 0 Å². The van der Waals surface area contributed by atoms with Crippen molar-refractivity contribution >= 4 is 33.7 Å². The van der Waals surface area contributed by atoms with Gasteiger partial charge in [0.1, 0.15) is 11.3 Å². The summed E-state index contributed by atoms with van der Waals surface area (Å²) in [5, 5.41) is 10.0. The number of unbranched alkanes of at least 4 members (excludes halogenated alkanes) is 1. The number of nitrogens with two attached hydrogens (primary N) is 2. The Labute approximate surface area is 153 Å². The maximum Gasteiger partial charge on any atom is 0.335 e. The minimum atomic E-state index is -0.989. The van der Waals surface area contributed by atoms with Crippen molar-refractivity contribution in [3.63, 3.8) is 0 Å². The second-order valence-corrected chi connectivity index (χ2v) is 5.80. The van der Waals surface area contributed by atoms with Crippen molar-refractivity contribution in [2.75, 3.05) is 12.3 Å². The Hall–Kier alpha value is -2.67. The van der Waals surface area contributed by atoms with Crippen molar-refractivity contribution < 1.29 is 9.90 Å². The van der Waals surface area contributed by atoms with E-state index in [1.165, 1.54) is 0 Å². The number of aromatic carboxylic acids is 1. The lowest BCUT2D eigenvalue weighted by Gasteiger charge is -2.09. The summed E-state index contributed by atoms with van der Waals surface area (Å²) in [7, 11) is 0. The van der Waals surface area contributed by atoms with Gasteiger partial charge in [-0.25, -0.2) is 14.8 Å². The molecule has 0 aliphatic rings. The van der Waals surface area contributed by atoms with Gasteiger partial charge in [-0.05, 0) is 24.6 Å². The fourth-order valence-electron chi connectivity index (χ4n) is 2.99. The Morgan fingerprint density at radius 1 is 1.27 bits per heavy atom. The lowest BCUT2D eigenvalue weighted by molar-refractivity contribution is 0.0697. The van der Waals surface area contributed by atoms with Crippen molar-refractivity contribution in [2.45, 2.75) is 46.6 Å². The molecule has 5 N–H and O–H groups in total. The van der Waals surface area contributed by atoms with Gasteiger partial charge < -0.3 is 21.1 Å². The van der Waals surface area contributed by atoms with Gasteiger partial charge in [-0.1, -0.05) is 27.2 Å². The molecule has 0 atom stereocenters. The van der Waals surface area contributed by atoms with Gasteiger partial charge in [0, 0.05) is 24.9 Å². The molecule has 0 radical (unpaired) electrons. The van der Waals surface area contributed by atoms with Crippen LogP contribution >= 0.6 is 0 Å². The molecule has 2 heterocycles. The minimum Gasteiger partial charge on any atom is -0.478 e. The Morgan fingerprint density at radius 2 is 2.00 bits per heavy atom. The highest BCUT2D eigenvalue weighted by Gasteiger charge is 2.17. The highest BCUT2D eigenvalue weighted by atomic mass is 16.4. The number of pyridine rings is 1. The Morgan fingerprint density at radius 3 is 2.62 bits per heavy atom. The van der Waals surface area contributed by atoms with E-state index >= 15 is 0 Å². The summed E-state index contributed by atoms with van der Waals surface area (Å²) < 4.78 is 2.09. The zero-order valence-corrected chi connectivity index (χ0v) is 15.6. The smallest absolute Gasteiger partial charge is 0.335 e. The number of aromatic nitrogens is 3. The second kappa shape index (κ2) is 8.62. The number of nitrogens with zero attached hydrogens (tertiary/aromatic N) is 3. The van der Waals surface area contributed by atoms with Crippen LogP contribution in [0, 0.1) is 0 Å². The third-order valence-electron chi connectivity index (χ3n) is 4.14. The van der Waals surface area contributed by atoms with E-state index in [-0.39, 0.29) is 5.56 Å². The summed E-state index contributed by atoms with van der Waals surface area (Å²) in [5.41, 5.74) is 14.1. The molecule has 0 spiro atoms. The molecule has 0 saturated carbocycles. The summed E-state index contributed by atoms with van der Waals surface area (Å²) in [5.74, 6) is 0.269. The first-order chi connectivity index (χ1) is 12.6. The van der Waals surface area contributed by atoms with Crippen LogP contribution in [0.5, 0.6) is 0 Å². The molecule has 0 bridgehead atoms. The van der Waals surface area contributed by atoms with Crippen LogP contribution in [0.1, 0.15) is 49.8 Å². The van der Waals surface area contributed by atoms with Gasteiger partial charge in [-0.15, -0.1) is 0 Å². The fourth-order valence-corrected chi connectivity index (χ4v) is 2.99. The van der Waals surface area contributed by atoms with E-state index in [1.54, 1.807) is 18.2 Å². The lowest BCUT2D eigenvalue weighted by Crippen LogP contribution is -2.13. The highest BCUT2D eigenvalue weighted by Crippen LogP contribution is 2.29. The summed E-state index contributed by atoms with van der Waals surface area (Å²) in [6.45, 7) is 7.25. The van der Waals surface area contributed by atoms with Crippen LogP contribution in [-0.2, 0) is 13.0 Å². The van der Waals surface area contributed by atoms with E-state index in [0.29, 0.717) is 29.9 Å². The summed E-state index contributed by atoms with van der Waals surface area (Å²) >= 11 is 0. The molecule has 3 aromatic rings. The van der Waals surface area contributed by atoms with E-state index in [2.05, 4.69) is 21.5 Å². The van der Waals surface area contributed by atoms with Crippen molar-refractivity contribution in [3.8, 4) is 0 Å². The minimum absolute atomic E-state index is 0.185. The Kier molecular flexibility index (Phi) is 6.52. The van der Waals surface area contributed by atoms with Crippen molar-refractivity contribution in [3.05, 3.63) is 29.6 Å². The molecule has 0 amide bonds. The molecule has 26 heavy (non-hydrogen) atoms. The monoisotopic (exact) mass is 357 g/mol. The third kappa shape index (κ3) is 3.62. The second-order valence-electron chi connectivity index (χ2n) is 5.80. The normalized spacial score (nSPS) is 10.8. The Balaban J connectivity index is 0.00000117. The number of nitrogen functional groups attached to an aromatic ring is 1. The maximum absolute atomic E-state index is 11.2. The summed E-state index contributed by atoms with van der Waals surface area (Å²) in [4.78, 5) is 20.2. The topological polar surface area (TPSA) is 120 Å². The van der Waals surface area contributed by atoms with Crippen LogP contribution in [0.4, 0.5) is 5.82 Å². The predicted octanol–water partition coefficient (Wildman–Crippen LogP) is 3.19. The van der Waals surface area contributed by atoms with E-state index in [1.807, 2.05) is 13.8 Å². The third-order valence-corrected chi connectivity index (χ3v) is 4.14. The van der Waals surface area contributed by atoms with Crippen LogP contribution in [0.3, 0.4) is 0 Å². The first-order valence-electron chi connectivity index (χ1n) is 9.08. The van der Waals surface area contributed by atoms with E-state index in [4.69, 9.17) is 11.5 Å². The van der Waals surface area contributed by atoms with Gasteiger partial charge >= 0.3 is 5.97 Å². The number of carbonyl (C=O) groups is 1. The number of benzene rings is 1. The van der Waals surface area contributed by atoms with Crippen LogP contribution < -0.4 is 11.5 Å². The van der Waals surface area contributed by atoms with Gasteiger partial charge in [0.05, 0.1) is 16.6 Å². The first kappa shape index (κ1) is 19.7. The number of fused-ring (bicyclic) bond motifs is 3. The maximum atomic E-state index is 11.2. The number of hydrogen-bond acceptors (Lipinski definition) is 5. The molecule has 0 fully saturated rings. The number of carboxylic acids is 1. The molecule has 0 aliphatic carbocycles. The van der Waals surface area contributed by atoms with Crippen LogP contribution in [0.15, 0.2) is 18.2 Å². The van der Waals surface area contributed by atoms with Crippen LogP contribution in [-0.4, -0.2) is 32.2 Å². The standard InChI is InChI=1S/C17H21N5O2.C2H6/c1-2-3-4-13-21-14-15(22(13)8-7-18)11-6-5-10(17(23)24)9-12(11)20-16(14)19;1-2/h5-6,9H,2-4,7-8,18H2,1H3,(H2,19,20)(H,23,24);1-2H3. The van der Waals surface area contributed by atoms with E-state index in [0.717, 1.165) is 36.0 Å². The van der Waals surface area contributed by atoms with E-state index in [9.17, 15) is 9.90 Å². The molecular formula is C19H27N5O2. The van der Waals surface area contributed by atoms with Crippen molar-refractivity contribution in [1.29, 1.82) is 0 Å². The SMILES string of the molecule is CC.CCCCc1nc2c(N)nc3cc(C(=O)O)ccc3c2n1CCN. The van der Waals surface area contributed by atoms with Gasteiger partial charge in [-0.3, -0.25) is 0 Å². The molecule has 0 aliphatic heterocycles. The number of carboxylic acid groups (broad SMARTS) is 1. The number of imidazole rings is 1. The molecule has 1 aromatic carbocycles. The van der Waals surface area contributed by atoms with Crippen molar-refractivity contribution in [1.82, 2.24) is 14.5 Å².